The van der Waals surface area contributed by atoms with E-state index < -0.39 is 23.6 Å². The predicted octanol–water partition coefficient (Wildman–Crippen LogP) is 0.687. The Morgan fingerprint density at radius 2 is 2.12 bits per heavy atom. The maximum Gasteiger partial charge on any atom is 0.238 e. The van der Waals surface area contributed by atoms with E-state index in [-0.39, 0.29) is 12.0 Å². The van der Waals surface area contributed by atoms with Gasteiger partial charge in [-0.25, -0.2) is 14.6 Å². The highest BCUT2D eigenvalue weighted by molar-refractivity contribution is 5.76. The summed E-state index contributed by atoms with van der Waals surface area (Å²) < 4.78 is 26.1. The largest absolute Gasteiger partial charge is 0.323 e. The van der Waals surface area contributed by atoms with Gasteiger partial charge in [0, 0.05) is 25.1 Å². The molecular formula is C10H13F2N3O. The van der Waals surface area contributed by atoms with Gasteiger partial charge in [-0.2, -0.15) is 0 Å². The summed E-state index contributed by atoms with van der Waals surface area (Å²) >= 11 is 0. The van der Waals surface area contributed by atoms with Crippen molar-refractivity contribution in [2.75, 3.05) is 7.05 Å². The fourth-order valence-corrected chi connectivity index (χ4v) is 1.24. The van der Waals surface area contributed by atoms with Crippen LogP contribution in [-0.2, 0) is 4.79 Å². The quantitative estimate of drug-likeness (QED) is 0.455. The van der Waals surface area contributed by atoms with Gasteiger partial charge in [-0.1, -0.05) is 0 Å². The normalized spacial score (nSPS) is 12.3. The van der Waals surface area contributed by atoms with Gasteiger partial charge in [0.25, 0.3) is 0 Å². The Morgan fingerprint density at radius 1 is 1.50 bits per heavy atom. The number of carbonyl (C=O) groups is 1. The third kappa shape index (κ3) is 2.98. The molecule has 1 atom stereocenters. The zero-order chi connectivity index (χ0) is 12.3. The van der Waals surface area contributed by atoms with Crippen LogP contribution >= 0.6 is 0 Å². The molecule has 16 heavy (non-hydrogen) atoms. The zero-order valence-corrected chi connectivity index (χ0v) is 8.78. The second-order valence-corrected chi connectivity index (χ2v) is 3.48. The van der Waals surface area contributed by atoms with E-state index in [1.165, 1.54) is 7.05 Å². The molecule has 1 aromatic rings. The van der Waals surface area contributed by atoms with E-state index in [4.69, 9.17) is 11.6 Å². The van der Waals surface area contributed by atoms with E-state index in [9.17, 15) is 13.6 Å². The highest BCUT2D eigenvalue weighted by atomic mass is 19.1. The summed E-state index contributed by atoms with van der Waals surface area (Å²) in [5.41, 5.74) is 5.56. The van der Waals surface area contributed by atoms with E-state index >= 15 is 0 Å². The van der Waals surface area contributed by atoms with Crippen LogP contribution in [0.4, 0.5) is 8.78 Å². The summed E-state index contributed by atoms with van der Waals surface area (Å²) in [5, 5.41) is 0.858. The van der Waals surface area contributed by atoms with Crippen LogP contribution in [0.15, 0.2) is 18.2 Å². The Balaban J connectivity index is 2.84. The van der Waals surface area contributed by atoms with Crippen LogP contribution in [0.2, 0.25) is 0 Å². The average Bonchev–Trinajstić information content (AvgIpc) is 2.21. The van der Waals surface area contributed by atoms with Gasteiger partial charge in [0.1, 0.15) is 11.6 Å². The van der Waals surface area contributed by atoms with Gasteiger partial charge in [0.05, 0.1) is 0 Å². The van der Waals surface area contributed by atoms with Crippen molar-refractivity contribution in [1.82, 2.24) is 5.01 Å². The topological polar surface area (TPSA) is 72.3 Å². The molecule has 88 valence electrons. The van der Waals surface area contributed by atoms with Gasteiger partial charge in [-0.05, 0) is 18.2 Å². The van der Waals surface area contributed by atoms with Gasteiger partial charge in [0.2, 0.25) is 5.91 Å². The molecule has 0 bridgehead atoms. The molecule has 0 saturated carbocycles. The second kappa shape index (κ2) is 5.00. The monoisotopic (exact) mass is 229 g/mol. The van der Waals surface area contributed by atoms with Crippen LogP contribution in [0, 0.1) is 11.6 Å². The first kappa shape index (κ1) is 12.5. The SMILES string of the molecule is CN(N)C(=O)CC(N)c1cc(F)ccc1F. The molecular weight excluding hydrogens is 216 g/mol. The first-order chi connectivity index (χ1) is 7.41. The summed E-state index contributed by atoms with van der Waals surface area (Å²) in [7, 11) is 1.36. The molecule has 1 unspecified atom stereocenters. The van der Waals surface area contributed by atoms with Gasteiger partial charge in [-0.3, -0.25) is 9.80 Å². The first-order valence-electron chi connectivity index (χ1n) is 4.63. The summed E-state index contributed by atoms with van der Waals surface area (Å²) in [4.78, 5) is 11.2. The minimum Gasteiger partial charge on any atom is -0.323 e. The lowest BCUT2D eigenvalue weighted by atomic mass is 10.0. The molecule has 1 amide bonds. The Kier molecular flexibility index (Phi) is 3.92. The molecule has 6 heteroatoms. The highest BCUT2D eigenvalue weighted by Crippen LogP contribution is 2.19. The number of amides is 1. The minimum atomic E-state index is -0.908. The fraction of sp³-hybridized carbons (Fsp3) is 0.300. The van der Waals surface area contributed by atoms with Crippen LogP contribution in [0.1, 0.15) is 18.0 Å². The molecule has 0 aliphatic heterocycles. The molecule has 0 heterocycles. The first-order valence-corrected chi connectivity index (χ1v) is 4.63. The van der Waals surface area contributed by atoms with Crippen LogP contribution in [-0.4, -0.2) is 18.0 Å². The summed E-state index contributed by atoms with van der Waals surface area (Å²) in [6.45, 7) is 0. The molecule has 1 aromatic carbocycles. The maximum absolute atomic E-state index is 13.3. The lowest BCUT2D eigenvalue weighted by Crippen LogP contribution is -2.35. The van der Waals surface area contributed by atoms with Crippen molar-refractivity contribution in [3.8, 4) is 0 Å². The molecule has 0 aliphatic rings. The van der Waals surface area contributed by atoms with Crippen molar-refractivity contribution in [3.05, 3.63) is 35.4 Å². The molecule has 4 N–H and O–H groups in total. The summed E-state index contributed by atoms with van der Waals surface area (Å²) in [5.74, 6) is 3.51. The molecule has 0 aromatic heterocycles. The molecule has 0 spiro atoms. The van der Waals surface area contributed by atoms with Crippen molar-refractivity contribution >= 4 is 5.91 Å². The van der Waals surface area contributed by atoms with Crippen LogP contribution in [0.5, 0.6) is 0 Å². The van der Waals surface area contributed by atoms with Crippen molar-refractivity contribution in [2.24, 2.45) is 11.6 Å². The van der Waals surface area contributed by atoms with E-state index in [0.717, 1.165) is 23.2 Å². The third-order valence-corrected chi connectivity index (χ3v) is 2.15. The Hall–Kier alpha value is -1.53. The van der Waals surface area contributed by atoms with Crippen molar-refractivity contribution in [3.63, 3.8) is 0 Å². The average molecular weight is 229 g/mol. The number of benzene rings is 1. The van der Waals surface area contributed by atoms with E-state index in [0.29, 0.717) is 0 Å². The maximum atomic E-state index is 13.3. The zero-order valence-electron chi connectivity index (χ0n) is 8.78. The Bertz CT molecular complexity index is 396. The number of hydrazine groups is 1. The number of rotatable bonds is 3. The Labute approximate surface area is 91.8 Å². The summed E-state index contributed by atoms with van der Waals surface area (Å²) in [6, 6.07) is 2.03. The van der Waals surface area contributed by atoms with Crippen LogP contribution in [0.3, 0.4) is 0 Å². The molecule has 0 saturated heterocycles. The van der Waals surface area contributed by atoms with Crippen LogP contribution in [0.25, 0.3) is 0 Å². The van der Waals surface area contributed by atoms with Gasteiger partial charge in [0.15, 0.2) is 0 Å². The number of nitrogens with zero attached hydrogens (tertiary/aromatic N) is 1. The number of carbonyl (C=O) groups excluding carboxylic acids is 1. The smallest absolute Gasteiger partial charge is 0.238 e. The molecule has 1 rings (SSSR count). The Morgan fingerprint density at radius 3 is 2.69 bits per heavy atom. The van der Waals surface area contributed by atoms with Gasteiger partial charge in [-0.15, -0.1) is 0 Å². The molecule has 0 radical (unpaired) electrons. The van der Waals surface area contributed by atoms with E-state index in [1.54, 1.807) is 0 Å². The fourth-order valence-electron chi connectivity index (χ4n) is 1.24. The highest BCUT2D eigenvalue weighted by Gasteiger charge is 2.17. The molecule has 4 nitrogen and oxygen atoms in total. The minimum absolute atomic E-state index is 0.0322. The van der Waals surface area contributed by atoms with Crippen molar-refractivity contribution in [2.45, 2.75) is 12.5 Å². The van der Waals surface area contributed by atoms with E-state index in [2.05, 4.69) is 0 Å². The predicted molar refractivity (Wildman–Crippen MR) is 54.9 cm³/mol. The van der Waals surface area contributed by atoms with Crippen molar-refractivity contribution in [1.29, 1.82) is 0 Å². The number of nitrogens with two attached hydrogens (primary N) is 2. The van der Waals surface area contributed by atoms with Crippen LogP contribution < -0.4 is 11.6 Å². The van der Waals surface area contributed by atoms with E-state index in [1.807, 2.05) is 0 Å². The third-order valence-electron chi connectivity index (χ3n) is 2.15. The second-order valence-electron chi connectivity index (χ2n) is 3.48. The number of hydrogen-bond donors (Lipinski definition) is 2. The molecule has 0 fully saturated rings. The number of hydrogen-bond acceptors (Lipinski definition) is 3. The van der Waals surface area contributed by atoms with Gasteiger partial charge >= 0.3 is 0 Å². The standard InChI is InChI=1S/C10H13F2N3O/c1-15(14)10(16)5-9(13)7-4-6(11)2-3-8(7)12/h2-4,9H,5,13-14H2,1H3. The lowest BCUT2D eigenvalue weighted by molar-refractivity contribution is -0.130. The molecule has 0 aliphatic carbocycles. The lowest BCUT2D eigenvalue weighted by Gasteiger charge is -2.15. The number of halogens is 2. The summed E-state index contributed by atoms with van der Waals surface area (Å²) in [6.07, 6.45) is -0.173. The van der Waals surface area contributed by atoms with Gasteiger partial charge < -0.3 is 5.73 Å². The van der Waals surface area contributed by atoms with Crippen molar-refractivity contribution < 1.29 is 13.6 Å².